The van der Waals surface area contributed by atoms with E-state index in [0.29, 0.717) is 29.4 Å². The van der Waals surface area contributed by atoms with Crippen LogP contribution in [0, 0.1) is 6.92 Å². The molecule has 4 rings (SSSR count). The molecule has 0 spiro atoms. The summed E-state index contributed by atoms with van der Waals surface area (Å²) >= 11 is 1.19. The molecule has 10 heteroatoms. The summed E-state index contributed by atoms with van der Waals surface area (Å²) in [5.74, 6) is -0.136. The maximum absolute atomic E-state index is 13.0. The van der Waals surface area contributed by atoms with Crippen molar-refractivity contribution in [2.24, 2.45) is 7.05 Å². The minimum Gasteiger partial charge on any atom is -0.325 e. The fraction of sp³-hybridized carbons (Fsp3) is 0.217. The fourth-order valence-electron chi connectivity index (χ4n) is 3.58. The summed E-state index contributed by atoms with van der Waals surface area (Å²) in [5, 5.41) is 5.31. The summed E-state index contributed by atoms with van der Waals surface area (Å²) in [7, 11) is 1.75. The molecule has 0 aliphatic carbocycles. The van der Waals surface area contributed by atoms with Crippen molar-refractivity contribution in [3.8, 4) is 5.69 Å². The van der Waals surface area contributed by atoms with Gasteiger partial charge in [-0.3, -0.25) is 23.9 Å². The molecule has 1 aliphatic rings. The maximum Gasteiger partial charge on any atom is 0.295 e. The Morgan fingerprint density at radius 2 is 1.79 bits per heavy atom. The molecule has 3 amide bonds. The average Bonchev–Trinajstić information content (AvgIpc) is 3.29. The van der Waals surface area contributed by atoms with Gasteiger partial charge >= 0.3 is 0 Å². The number of anilines is 2. The summed E-state index contributed by atoms with van der Waals surface area (Å²) in [4.78, 5) is 51.4. The summed E-state index contributed by atoms with van der Waals surface area (Å²) in [5.41, 5.74) is 1.86. The molecule has 1 saturated heterocycles. The Hall–Kier alpha value is -3.79. The molecule has 0 atom stereocenters. The van der Waals surface area contributed by atoms with E-state index in [-0.39, 0.29) is 34.5 Å². The van der Waals surface area contributed by atoms with Gasteiger partial charge < -0.3 is 15.5 Å². The zero-order chi connectivity index (χ0) is 23.5. The normalized spacial score (nSPS) is 13.3. The van der Waals surface area contributed by atoms with Crippen molar-refractivity contribution in [3.05, 3.63) is 76.2 Å². The first-order valence-electron chi connectivity index (χ1n) is 10.3. The Morgan fingerprint density at radius 1 is 1.03 bits per heavy atom. The highest BCUT2D eigenvalue weighted by Gasteiger charge is 2.23. The van der Waals surface area contributed by atoms with Crippen LogP contribution in [-0.4, -0.2) is 50.2 Å². The van der Waals surface area contributed by atoms with Crippen molar-refractivity contribution >= 4 is 40.2 Å². The lowest BCUT2D eigenvalue weighted by Crippen LogP contribution is -2.33. The van der Waals surface area contributed by atoms with E-state index >= 15 is 0 Å². The van der Waals surface area contributed by atoms with Crippen molar-refractivity contribution in [1.82, 2.24) is 14.3 Å². The van der Waals surface area contributed by atoms with Gasteiger partial charge in [0.25, 0.3) is 16.7 Å². The molecular weight excluding hydrogens is 442 g/mol. The molecule has 33 heavy (non-hydrogen) atoms. The Labute approximate surface area is 194 Å². The predicted octanol–water partition coefficient (Wildman–Crippen LogP) is 2.84. The fourth-order valence-corrected chi connectivity index (χ4v) is 4.40. The SMILES string of the molecule is Cc1c(NC(=O)c2cccc(NC(=O)CN3CCSC3=O)c2)c(=O)n(-c2ccccc2)n1C. The second-order valence-electron chi connectivity index (χ2n) is 7.56. The van der Waals surface area contributed by atoms with E-state index in [2.05, 4.69) is 10.6 Å². The van der Waals surface area contributed by atoms with Gasteiger partial charge in [-0.25, -0.2) is 4.68 Å². The summed E-state index contributed by atoms with van der Waals surface area (Å²) in [6.07, 6.45) is 0. The van der Waals surface area contributed by atoms with Gasteiger partial charge in [0.2, 0.25) is 5.91 Å². The van der Waals surface area contributed by atoms with Crippen LogP contribution in [0.5, 0.6) is 0 Å². The van der Waals surface area contributed by atoms with E-state index in [1.807, 2.05) is 30.3 Å². The molecule has 9 nitrogen and oxygen atoms in total. The number of thioether (sulfide) groups is 1. The topological polar surface area (TPSA) is 105 Å². The number of rotatable bonds is 6. The number of nitrogens with one attached hydrogen (secondary N) is 2. The smallest absolute Gasteiger partial charge is 0.295 e. The molecule has 170 valence electrons. The quantitative estimate of drug-likeness (QED) is 0.582. The van der Waals surface area contributed by atoms with Crippen LogP contribution in [-0.2, 0) is 11.8 Å². The highest BCUT2D eigenvalue weighted by atomic mass is 32.2. The first kappa shape index (κ1) is 22.4. The molecule has 0 bridgehead atoms. The lowest BCUT2D eigenvalue weighted by molar-refractivity contribution is -0.116. The van der Waals surface area contributed by atoms with Crippen LogP contribution >= 0.6 is 11.8 Å². The molecule has 0 unspecified atom stereocenters. The van der Waals surface area contributed by atoms with E-state index in [1.54, 1.807) is 36.9 Å². The third-order valence-corrected chi connectivity index (χ3v) is 6.27. The van der Waals surface area contributed by atoms with Crippen LogP contribution in [0.25, 0.3) is 5.69 Å². The van der Waals surface area contributed by atoms with Crippen LogP contribution in [0.1, 0.15) is 16.1 Å². The van der Waals surface area contributed by atoms with Crippen LogP contribution in [0.4, 0.5) is 16.2 Å². The largest absolute Gasteiger partial charge is 0.325 e. The first-order chi connectivity index (χ1) is 15.8. The third-order valence-electron chi connectivity index (χ3n) is 5.38. The van der Waals surface area contributed by atoms with Gasteiger partial charge in [0.15, 0.2) is 0 Å². The number of amides is 3. The number of nitrogens with zero attached hydrogens (tertiary/aromatic N) is 3. The van der Waals surface area contributed by atoms with Gasteiger partial charge in [-0.05, 0) is 37.3 Å². The Bertz CT molecular complexity index is 1280. The maximum atomic E-state index is 13.0. The second-order valence-corrected chi connectivity index (χ2v) is 8.60. The number of hydrogen-bond acceptors (Lipinski definition) is 5. The minimum absolute atomic E-state index is 0.0372. The van der Waals surface area contributed by atoms with Gasteiger partial charge in [0, 0.05) is 30.6 Å². The minimum atomic E-state index is -0.469. The molecule has 2 N–H and O–H groups in total. The van der Waals surface area contributed by atoms with Gasteiger partial charge in [-0.15, -0.1) is 0 Å². The molecule has 0 radical (unpaired) electrons. The number of carbonyl (C=O) groups is 3. The number of benzene rings is 2. The third kappa shape index (κ3) is 4.70. The van der Waals surface area contributed by atoms with Crippen molar-refractivity contribution in [3.63, 3.8) is 0 Å². The highest BCUT2D eigenvalue weighted by molar-refractivity contribution is 8.13. The molecule has 3 aromatic rings. The molecule has 1 fully saturated rings. The monoisotopic (exact) mass is 465 g/mol. The van der Waals surface area contributed by atoms with E-state index in [1.165, 1.54) is 27.4 Å². The lowest BCUT2D eigenvalue weighted by atomic mass is 10.2. The highest BCUT2D eigenvalue weighted by Crippen LogP contribution is 2.18. The zero-order valence-corrected chi connectivity index (χ0v) is 19.0. The number of para-hydroxylation sites is 1. The van der Waals surface area contributed by atoms with E-state index < -0.39 is 5.91 Å². The van der Waals surface area contributed by atoms with Gasteiger partial charge in [-0.2, -0.15) is 0 Å². The number of carbonyl (C=O) groups excluding carboxylic acids is 3. The van der Waals surface area contributed by atoms with E-state index in [4.69, 9.17) is 0 Å². The van der Waals surface area contributed by atoms with Crippen molar-refractivity contribution in [1.29, 1.82) is 0 Å². The predicted molar refractivity (Wildman–Crippen MR) is 128 cm³/mol. The van der Waals surface area contributed by atoms with Gasteiger partial charge in [0.1, 0.15) is 12.2 Å². The van der Waals surface area contributed by atoms with E-state index in [0.717, 1.165) is 0 Å². The van der Waals surface area contributed by atoms with Gasteiger partial charge in [-0.1, -0.05) is 36.0 Å². The van der Waals surface area contributed by atoms with Crippen molar-refractivity contribution < 1.29 is 14.4 Å². The number of aromatic nitrogens is 2. The summed E-state index contributed by atoms with van der Waals surface area (Å²) in [6.45, 7) is 2.26. The Morgan fingerprint density at radius 3 is 2.48 bits per heavy atom. The zero-order valence-electron chi connectivity index (χ0n) is 18.2. The molecule has 2 heterocycles. The second kappa shape index (κ2) is 9.37. The Kier molecular flexibility index (Phi) is 6.36. The van der Waals surface area contributed by atoms with Crippen LogP contribution in [0.3, 0.4) is 0 Å². The number of hydrogen-bond donors (Lipinski definition) is 2. The summed E-state index contributed by atoms with van der Waals surface area (Å²) in [6, 6.07) is 15.6. The molecule has 1 aromatic heterocycles. The van der Waals surface area contributed by atoms with Gasteiger partial charge in [0.05, 0.1) is 11.4 Å². The first-order valence-corrected chi connectivity index (χ1v) is 11.3. The van der Waals surface area contributed by atoms with E-state index in [9.17, 15) is 19.2 Å². The van der Waals surface area contributed by atoms with Crippen LogP contribution in [0.2, 0.25) is 0 Å². The average molecular weight is 466 g/mol. The molecule has 0 saturated carbocycles. The molecular formula is C23H23N5O4S. The molecule has 2 aromatic carbocycles. The van der Waals surface area contributed by atoms with Crippen molar-refractivity contribution in [2.45, 2.75) is 6.92 Å². The standard InChI is InChI=1S/C23H23N5O4S/c1-15-20(22(31)28(26(15)2)18-9-4-3-5-10-18)25-21(30)16-7-6-8-17(13-16)24-19(29)14-27-11-12-33-23(27)32/h3-10,13H,11-12,14H2,1-2H3,(H,24,29)(H,25,30). The Balaban J connectivity index is 1.50. The van der Waals surface area contributed by atoms with Crippen LogP contribution < -0.4 is 16.2 Å². The van der Waals surface area contributed by atoms with Crippen LogP contribution in [0.15, 0.2) is 59.4 Å². The van der Waals surface area contributed by atoms with Crippen molar-refractivity contribution in [2.75, 3.05) is 29.5 Å². The lowest BCUT2D eigenvalue weighted by Gasteiger charge is -2.14. The molecule has 1 aliphatic heterocycles. The summed E-state index contributed by atoms with van der Waals surface area (Å²) < 4.78 is 3.17.